The van der Waals surface area contributed by atoms with Crippen LogP contribution in [0.15, 0.2) is 91.4 Å². The predicted octanol–water partition coefficient (Wildman–Crippen LogP) is 12.5. The number of nitriles is 1. The Morgan fingerprint density at radius 1 is 0.598 bits per heavy atom. The lowest BCUT2D eigenvalue weighted by molar-refractivity contribution is -0.121. The van der Waals surface area contributed by atoms with Gasteiger partial charge in [0.2, 0.25) is 29.2 Å². The Kier molecular flexibility index (Phi) is 27.0. The molecule has 0 fully saturated rings. The molecule has 18 heteroatoms. The number of carbonyl (C=O) groups is 5. The van der Waals surface area contributed by atoms with Crippen molar-refractivity contribution >= 4 is 45.9 Å². The van der Waals surface area contributed by atoms with Gasteiger partial charge in [-0.15, -0.1) is 6.42 Å². The summed E-state index contributed by atoms with van der Waals surface area (Å²) in [6.45, 7) is 23.3. The van der Waals surface area contributed by atoms with Crippen molar-refractivity contribution in [2.24, 2.45) is 16.2 Å². The van der Waals surface area contributed by atoms with Crippen molar-refractivity contribution in [2.45, 2.75) is 164 Å². The Balaban J connectivity index is 0.000000205. The maximum absolute atomic E-state index is 12.9. The van der Waals surface area contributed by atoms with Crippen LogP contribution in [0.25, 0.3) is 16.7 Å². The molecule has 0 saturated carbocycles. The quantitative estimate of drug-likeness (QED) is 0.0160. The number of aliphatic hydroxyl groups excluding tert-OH is 1. The van der Waals surface area contributed by atoms with E-state index in [-0.39, 0.29) is 83.2 Å². The number of ketones is 3. The minimum Gasteiger partial charge on any atom is -0.396 e. The predicted molar refractivity (Wildman–Crippen MR) is 385 cm³/mol. The van der Waals surface area contributed by atoms with E-state index in [0.29, 0.717) is 55.9 Å². The van der Waals surface area contributed by atoms with Gasteiger partial charge in [-0.1, -0.05) is 114 Å². The molecule has 3 aromatic heterocycles. The van der Waals surface area contributed by atoms with Crippen molar-refractivity contribution in [3.63, 3.8) is 0 Å². The largest absolute Gasteiger partial charge is 0.396 e. The molecule has 0 saturated heterocycles. The Morgan fingerprint density at radius 3 is 1.41 bits per heavy atom. The summed E-state index contributed by atoms with van der Waals surface area (Å²) < 4.78 is 6.25. The molecule has 516 valence electrons. The number of hydrogen-bond acceptors (Lipinski definition) is 13. The first-order valence-corrected chi connectivity index (χ1v) is 34.1. The van der Waals surface area contributed by atoms with Gasteiger partial charge in [-0.3, -0.25) is 24.0 Å². The summed E-state index contributed by atoms with van der Waals surface area (Å²) >= 11 is 0. The fourth-order valence-corrected chi connectivity index (χ4v) is 11.9. The molecule has 0 aliphatic heterocycles. The van der Waals surface area contributed by atoms with Gasteiger partial charge >= 0.3 is 0 Å². The number of amides is 2. The Morgan fingerprint density at radius 2 is 1.02 bits per heavy atom. The van der Waals surface area contributed by atoms with Gasteiger partial charge in [0.25, 0.3) is 0 Å². The molecular formula is C79H103N11O7. The van der Waals surface area contributed by atoms with Crippen LogP contribution in [0.3, 0.4) is 0 Å². The topological polar surface area (TPSA) is 255 Å². The van der Waals surface area contributed by atoms with Crippen molar-refractivity contribution in [3.05, 3.63) is 176 Å². The lowest BCUT2D eigenvalue weighted by Crippen LogP contribution is -2.32. The number of ether oxygens (including phenoxy) is 1. The molecule has 0 atom stereocenters. The number of H-pyrrole nitrogens is 3. The lowest BCUT2D eigenvalue weighted by Gasteiger charge is -2.31. The molecule has 6 aromatic rings. The summed E-state index contributed by atoms with van der Waals surface area (Å²) in [5.74, 6) is 2.98. The zero-order chi connectivity index (χ0) is 70.7. The van der Waals surface area contributed by atoms with Gasteiger partial charge in [0.05, 0.1) is 37.4 Å². The number of Topliss-reactive ketones (excluding diaryl/α,β-unsaturated/α-hetero) is 3. The van der Waals surface area contributed by atoms with E-state index in [4.69, 9.17) is 21.5 Å². The third-order valence-electron chi connectivity index (χ3n) is 18.4. The van der Waals surface area contributed by atoms with E-state index in [1.165, 1.54) is 34.7 Å². The minimum absolute atomic E-state index is 0.00926. The van der Waals surface area contributed by atoms with Crippen LogP contribution >= 0.6 is 0 Å². The second-order valence-corrected chi connectivity index (χ2v) is 29.5. The highest BCUT2D eigenvalue weighted by atomic mass is 16.5. The van der Waals surface area contributed by atoms with Crippen LogP contribution in [0.5, 0.6) is 0 Å². The molecule has 0 unspecified atom stereocenters. The lowest BCUT2D eigenvalue weighted by atomic mass is 9.76. The Hall–Kier alpha value is -8.65. The Labute approximate surface area is 575 Å². The van der Waals surface area contributed by atoms with Crippen LogP contribution in [0.2, 0.25) is 0 Å². The van der Waals surface area contributed by atoms with E-state index >= 15 is 0 Å². The van der Waals surface area contributed by atoms with Crippen molar-refractivity contribution in [1.82, 2.24) is 50.3 Å². The van der Waals surface area contributed by atoms with E-state index in [2.05, 4.69) is 163 Å². The molecule has 0 bridgehead atoms. The number of hydrogen-bond donors (Lipinski definition) is 6. The van der Waals surface area contributed by atoms with E-state index in [1.807, 2.05) is 62.3 Å². The van der Waals surface area contributed by atoms with Crippen LogP contribution in [0.4, 0.5) is 0 Å². The van der Waals surface area contributed by atoms with Gasteiger partial charge < -0.3 is 45.2 Å². The molecule has 9 rings (SSSR count). The third kappa shape index (κ3) is 23.3. The molecule has 0 radical (unpaired) electrons. The van der Waals surface area contributed by atoms with Crippen LogP contribution in [0.1, 0.15) is 219 Å². The number of aliphatic hydroxyl groups is 1. The van der Waals surface area contributed by atoms with Crippen LogP contribution < -0.4 is 10.6 Å². The molecule has 3 aromatic carbocycles. The van der Waals surface area contributed by atoms with Crippen molar-refractivity contribution in [2.75, 3.05) is 67.6 Å². The molecular weight excluding hydrogens is 1210 g/mol. The number of imidazole rings is 3. The minimum atomic E-state index is -0.403. The van der Waals surface area contributed by atoms with Crippen molar-refractivity contribution in [1.29, 1.82) is 5.26 Å². The highest BCUT2D eigenvalue weighted by Gasteiger charge is 2.30. The van der Waals surface area contributed by atoms with Gasteiger partial charge in [-0.05, 0) is 202 Å². The van der Waals surface area contributed by atoms with Gasteiger partial charge in [-0.2, -0.15) is 5.26 Å². The Bertz CT molecular complexity index is 3930. The average Bonchev–Trinajstić information content (AvgIpc) is 1.33. The normalized spacial score (nSPS) is 15.5. The highest BCUT2D eigenvalue weighted by molar-refractivity contribution is 5.97. The zero-order valence-corrected chi connectivity index (χ0v) is 59.7. The molecule has 18 nitrogen and oxygen atoms in total. The first-order chi connectivity index (χ1) is 45.9. The first kappa shape index (κ1) is 75.7. The number of aryl methyl sites for hydroxylation is 1. The van der Waals surface area contributed by atoms with E-state index in [0.717, 1.165) is 121 Å². The number of nitrogens with one attached hydrogen (secondary N) is 5. The molecule has 3 aliphatic rings. The number of likely N-dealkylation sites (N-methyl/N-ethyl adjacent to an activating group) is 2. The number of allylic oxidation sites excluding steroid dienone is 6. The first-order valence-electron chi connectivity index (χ1n) is 34.1. The standard InChI is InChI=1S/C27H39N3O2.C26H33N5O2.C26H31N3O3/c1-19-18-28-25(29-19)24(31)16-21-8-9-22(27(4,5)32-15-14-30(6)7)17-23(21)20-10-12-26(2,3)13-11-20;1-26(2)9-7-19(8-10-26)22-13-18(14-24(33)28-11-12-31(3)4)5-6-20(22)15-23(32)25-29-17-21(16-27)30-25;1-4-21-17-28-25(29-21)23(31)16-20-7-6-18(15-24(32)27-12-5-13-30)14-22(20)19-8-10-26(2,3)11-9-19/h8-10,17-18H,11-16H2,1-7H3,(H,28,29);5-7,13,17H,8-12,14-15H2,1-4H3,(H,28,33)(H,29,30);1,6-8,14,17,30H,5,9-13,15-16H2,2-3H3,(H,27,32)(H,28,29). The smallest absolute Gasteiger partial charge is 0.224 e. The van der Waals surface area contributed by atoms with Gasteiger partial charge in [0, 0.05) is 63.9 Å². The molecule has 2 amide bonds. The fraction of sp³-hybridized carbons (Fsp3) is 0.481. The summed E-state index contributed by atoms with van der Waals surface area (Å²) in [6, 6.07) is 20.2. The summed E-state index contributed by atoms with van der Waals surface area (Å²) in [5.41, 5.74) is 15.0. The van der Waals surface area contributed by atoms with Crippen molar-refractivity contribution in [3.8, 4) is 18.4 Å². The molecule has 0 spiro atoms. The number of terminal acetylenes is 1. The van der Waals surface area contributed by atoms with E-state index in [1.54, 1.807) is 6.20 Å². The molecule has 3 heterocycles. The summed E-state index contributed by atoms with van der Waals surface area (Å²) in [4.78, 5) is 88.5. The monoisotopic (exact) mass is 1320 g/mol. The number of nitrogens with zero attached hydrogens (tertiary/aromatic N) is 6. The third-order valence-corrected chi connectivity index (χ3v) is 18.4. The van der Waals surface area contributed by atoms with Crippen LogP contribution in [0, 0.1) is 46.8 Å². The molecule has 3 aliphatic carbocycles. The molecule has 6 N–H and O–H groups in total. The SMILES string of the molecule is C#Cc1cnc(C(=O)Cc2ccc(CC(=O)NCCCO)cc2C2=CCC(C)(C)CC2)[nH]1.CN(C)CCNC(=O)Cc1ccc(CC(=O)c2ncc(C#N)[nH]2)c(C2=CCC(C)(C)CC2)c1.Cc1cnc(C(=O)Cc2ccc(C(C)(C)OCCN(C)C)cc2C2=CCC(C)(C)CC2)[nH]1. The average molecular weight is 1320 g/mol. The highest BCUT2D eigenvalue weighted by Crippen LogP contribution is 2.43. The fourth-order valence-electron chi connectivity index (χ4n) is 11.9. The number of carbonyl (C=O) groups excluding carboxylic acids is 5. The maximum atomic E-state index is 12.9. The molecule has 97 heavy (non-hydrogen) atoms. The number of aromatic nitrogens is 6. The van der Waals surface area contributed by atoms with E-state index < -0.39 is 5.60 Å². The van der Waals surface area contributed by atoms with Crippen LogP contribution in [-0.2, 0) is 52.0 Å². The van der Waals surface area contributed by atoms with Crippen molar-refractivity contribution < 1.29 is 33.8 Å². The van der Waals surface area contributed by atoms with Gasteiger partial charge in [0.1, 0.15) is 17.5 Å². The van der Waals surface area contributed by atoms with Gasteiger partial charge in [0.15, 0.2) is 17.5 Å². The zero-order valence-electron chi connectivity index (χ0n) is 59.7. The summed E-state index contributed by atoms with van der Waals surface area (Å²) in [7, 11) is 8.05. The van der Waals surface area contributed by atoms with E-state index in [9.17, 15) is 24.0 Å². The van der Waals surface area contributed by atoms with Crippen LogP contribution in [-0.4, -0.2) is 142 Å². The summed E-state index contributed by atoms with van der Waals surface area (Å²) in [5, 5.41) is 23.7. The number of rotatable bonds is 27. The second kappa shape index (κ2) is 34.5. The number of benzene rings is 3. The second-order valence-electron chi connectivity index (χ2n) is 29.5. The van der Waals surface area contributed by atoms with Gasteiger partial charge in [-0.25, -0.2) is 15.0 Å². The summed E-state index contributed by atoms with van der Waals surface area (Å²) in [6.07, 6.45) is 27.9. The number of aromatic amines is 3. The maximum Gasteiger partial charge on any atom is 0.224 e.